The Labute approximate surface area is 238 Å². The van der Waals surface area contributed by atoms with Gasteiger partial charge in [0.1, 0.15) is 0 Å². The number of carbonyl (C=O) groups excluding carboxylic acids is 4. The largest absolute Gasteiger partial charge is 0.445 e. The number of fused-ring (bicyclic) bond motifs is 1. The number of hydrogen-bond acceptors (Lipinski definition) is 5. The van der Waals surface area contributed by atoms with Crippen LogP contribution in [0.5, 0.6) is 0 Å². The first-order valence-electron chi connectivity index (χ1n) is 11.7. The van der Waals surface area contributed by atoms with Crippen molar-refractivity contribution in [3.05, 3.63) is 133 Å². The fraction of sp³-hybridized carbons (Fsp3) is 0.0667. The van der Waals surface area contributed by atoms with E-state index in [0.29, 0.717) is 21.7 Å². The smallest absolute Gasteiger partial charge is 0.339 e. The molecule has 2 amide bonds. The number of aryl methyl sites for hydroxylation is 1. The van der Waals surface area contributed by atoms with Gasteiger partial charge in [0.25, 0.3) is 11.8 Å². The second kappa shape index (κ2) is 10.7. The van der Waals surface area contributed by atoms with Gasteiger partial charge in [-0.15, -0.1) is 0 Å². The predicted molar refractivity (Wildman–Crippen MR) is 149 cm³/mol. The monoisotopic (exact) mass is 577 g/mol. The Kier molecular flexibility index (Phi) is 7.28. The third kappa shape index (κ3) is 5.06. The molecule has 39 heavy (non-hydrogen) atoms. The van der Waals surface area contributed by atoms with Crippen LogP contribution in [0.2, 0.25) is 15.1 Å². The summed E-state index contributed by atoms with van der Waals surface area (Å²) < 4.78 is 5.73. The Morgan fingerprint density at radius 2 is 1.31 bits per heavy atom. The zero-order chi connectivity index (χ0) is 27.8. The third-order valence-corrected chi connectivity index (χ3v) is 7.28. The average molecular weight is 579 g/mol. The molecule has 0 aliphatic carbocycles. The minimum absolute atomic E-state index is 0.0491. The molecule has 1 aliphatic rings. The Morgan fingerprint density at radius 3 is 1.90 bits per heavy atom. The van der Waals surface area contributed by atoms with Crippen molar-refractivity contribution < 1.29 is 23.9 Å². The van der Waals surface area contributed by atoms with Gasteiger partial charge in [-0.05, 0) is 61.0 Å². The van der Waals surface area contributed by atoms with E-state index in [1.54, 1.807) is 67.6 Å². The summed E-state index contributed by atoms with van der Waals surface area (Å²) in [6, 6.07) is 22.0. The van der Waals surface area contributed by atoms with Gasteiger partial charge in [0.15, 0.2) is 6.10 Å². The molecule has 9 heteroatoms. The number of carbonyl (C=O) groups is 4. The molecule has 6 nitrogen and oxygen atoms in total. The topological polar surface area (TPSA) is 80.8 Å². The number of rotatable bonds is 6. The molecular weight excluding hydrogens is 561 g/mol. The molecule has 5 rings (SSSR count). The summed E-state index contributed by atoms with van der Waals surface area (Å²) >= 11 is 18.1. The number of esters is 1. The second-order valence-electron chi connectivity index (χ2n) is 8.83. The summed E-state index contributed by atoms with van der Waals surface area (Å²) in [5, 5.41) is 0.749. The highest BCUT2D eigenvalue weighted by atomic mass is 35.5. The van der Waals surface area contributed by atoms with Gasteiger partial charge >= 0.3 is 5.97 Å². The van der Waals surface area contributed by atoms with E-state index in [1.807, 2.05) is 0 Å². The van der Waals surface area contributed by atoms with Crippen LogP contribution in [0.25, 0.3) is 0 Å². The molecule has 1 atom stereocenters. The van der Waals surface area contributed by atoms with Crippen molar-refractivity contribution in [2.75, 3.05) is 4.90 Å². The summed E-state index contributed by atoms with van der Waals surface area (Å²) in [4.78, 5) is 54.0. The Bertz CT molecular complexity index is 1610. The molecule has 0 N–H and O–H groups in total. The van der Waals surface area contributed by atoms with Gasteiger partial charge in [0.05, 0.1) is 32.4 Å². The zero-order valence-corrected chi connectivity index (χ0v) is 22.6. The molecule has 0 spiro atoms. The van der Waals surface area contributed by atoms with Gasteiger partial charge in [-0.3, -0.25) is 14.4 Å². The van der Waals surface area contributed by atoms with Crippen LogP contribution in [-0.2, 0) is 4.74 Å². The number of anilines is 1. The van der Waals surface area contributed by atoms with Crippen molar-refractivity contribution in [3.63, 3.8) is 0 Å². The number of halogens is 3. The van der Waals surface area contributed by atoms with Crippen molar-refractivity contribution in [2.24, 2.45) is 0 Å². The number of hydrogen-bond donors (Lipinski definition) is 0. The first-order chi connectivity index (χ1) is 18.7. The maximum Gasteiger partial charge on any atom is 0.339 e. The highest BCUT2D eigenvalue weighted by Crippen LogP contribution is 2.36. The van der Waals surface area contributed by atoms with E-state index in [4.69, 9.17) is 39.5 Å². The molecule has 0 radical (unpaired) electrons. The predicted octanol–water partition coefficient (Wildman–Crippen LogP) is 7.54. The normalized spacial score (nSPS) is 13.3. The molecule has 0 bridgehead atoms. The van der Waals surface area contributed by atoms with Crippen LogP contribution in [0.3, 0.4) is 0 Å². The lowest BCUT2D eigenvalue weighted by atomic mass is 9.99. The standard InChI is InChI=1S/C30H18Cl3NO5/c1-16-7-8-19(13-25(16)34-28(36)21-14-23(32)24(33)15-22(21)29(34)37)30(38)39-27(18-5-3-2-4-6-18)26(35)17-9-11-20(31)12-10-17/h2-15,27H,1H3/t27-/m1/s1. The second-order valence-corrected chi connectivity index (χ2v) is 10.1. The highest BCUT2D eigenvalue weighted by molar-refractivity contribution is 6.44. The van der Waals surface area contributed by atoms with Crippen LogP contribution in [0.4, 0.5) is 5.69 Å². The van der Waals surface area contributed by atoms with E-state index in [1.165, 1.54) is 24.3 Å². The van der Waals surface area contributed by atoms with Crippen molar-refractivity contribution >= 4 is 64.1 Å². The van der Waals surface area contributed by atoms with Crippen LogP contribution in [0.1, 0.15) is 58.7 Å². The minimum Gasteiger partial charge on any atom is -0.445 e. The van der Waals surface area contributed by atoms with Gasteiger partial charge < -0.3 is 4.74 Å². The van der Waals surface area contributed by atoms with Crippen molar-refractivity contribution in [3.8, 4) is 0 Å². The summed E-state index contributed by atoms with van der Waals surface area (Å²) in [5.74, 6) is -2.44. The molecule has 0 fully saturated rings. The number of amides is 2. The molecule has 4 aromatic carbocycles. The summed E-state index contributed by atoms with van der Waals surface area (Å²) in [6.45, 7) is 1.70. The lowest BCUT2D eigenvalue weighted by molar-refractivity contribution is 0.0280. The van der Waals surface area contributed by atoms with Crippen molar-refractivity contribution in [1.82, 2.24) is 0 Å². The first kappa shape index (κ1) is 26.6. The average Bonchev–Trinajstić information content (AvgIpc) is 3.16. The molecule has 0 unspecified atom stereocenters. The zero-order valence-electron chi connectivity index (χ0n) is 20.3. The fourth-order valence-corrected chi connectivity index (χ4v) is 4.72. The fourth-order valence-electron chi connectivity index (χ4n) is 4.27. The molecule has 1 aliphatic heterocycles. The molecule has 1 heterocycles. The maximum absolute atomic E-state index is 13.4. The molecule has 194 valence electrons. The first-order valence-corrected chi connectivity index (χ1v) is 12.8. The van der Waals surface area contributed by atoms with E-state index in [0.717, 1.165) is 4.90 Å². The lowest BCUT2D eigenvalue weighted by Gasteiger charge is -2.20. The van der Waals surface area contributed by atoms with Gasteiger partial charge in [0.2, 0.25) is 5.78 Å². The van der Waals surface area contributed by atoms with E-state index in [2.05, 4.69) is 0 Å². The molecule has 0 saturated heterocycles. The van der Waals surface area contributed by atoms with E-state index < -0.39 is 29.7 Å². The van der Waals surface area contributed by atoms with Gasteiger partial charge in [-0.2, -0.15) is 0 Å². The number of ketones is 1. The highest BCUT2D eigenvalue weighted by Gasteiger charge is 2.38. The quantitative estimate of drug-likeness (QED) is 0.134. The van der Waals surface area contributed by atoms with Crippen LogP contribution < -0.4 is 4.90 Å². The van der Waals surface area contributed by atoms with Crippen LogP contribution >= 0.6 is 34.8 Å². The number of Topliss-reactive ketones (excluding diaryl/α,β-unsaturated/α-hetero) is 1. The van der Waals surface area contributed by atoms with Gasteiger partial charge in [0, 0.05) is 16.1 Å². The minimum atomic E-state index is -1.24. The molecule has 0 saturated carbocycles. The third-order valence-electron chi connectivity index (χ3n) is 6.31. The van der Waals surface area contributed by atoms with Crippen LogP contribution in [0, 0.1) is 6.92 Å². The number of ether oxygens (including phenoxy) is 1. The summed E-state index contributed by atoms with van der Waals surface area (Å²) in [5.41, 5.74) is 1.83. The van der Waals surface area contributed by atoms with E-state index in [9.17, 15) is 19.2 Å². The SMILES string of the molecule is Cc1ccc(C(=O)O[C@@H](C(=O)c2ccc(Cl)cc2)c2ccccc2)cc1N1C(=O)c2cc(Cl)c(Cl)cc2C1=O. The van der Waals surface area contributed by atoms with E-state index in [-0.39, 0.29) is 32.4 Å². The Morgan fingerprint density at radius 1 is 0.744 bits per heavy atom. The van der Waals surface area contributed by atoms with Crippen molar-refractivity contribution in [1.29, 1.82) is 0 Å². The number of benzene rings is 4. The van der Waals surface area contributed by atoms with Crippen LogP contribution in [-0.4, -0.2) is 23.6 Å². The molecule has 4 aromatic rings. The Balaban J connectivity index is 1.48. The Hall–Kier alpha value is -3.97. The van der Waals surface area contributed by atoms with E-state index >= 15 is 0 Å². The molecular formula is C30H18Cl3NO5. The molecule has 0 aromatic heterocycles. The van der Waals surface area contributed by atoms with Crippen molar-refractivity contribution in [2.45, 2.75) is 13.0 Å². The maximum atomic E-state index is 13.4. The lowest BCUT2D eigenvalue weighted by Crippen LogP contribution is -2.30. The summed E-state index contributed by atoms with van der Waals surface area (Å²) in [6.07, 6.45) is -1.24. The van der Waals surface area contributed by atoms with Crippen LogP contribution in [0.15, 0.2) is 84.9 Å². The number of nitrogens with zero attached hydrogens (tertiary/aromatic N) is 1. The van der Waals surface area contributed by atoms with Gasteiger partial charge in [-0.1, -0.05) is 71.2 Å². The number of imide groups is 1. The summed E-state index contributed by atoms with van der Waals surface area (Å²) in [7, 11) is 0. The van der Waals surface area contributed by atoms with Gasteiger partial charge in [-0.25, -0.2) is 9.69 Å².